The summed E-state index contributed by atoms with van der Waals surface area (Å²) in [7, 11) is 1.61. The summed E-state index contributed by atoms with van der Waals surface area (Å²) in [6.45, 7) is 0.818. The summed E-state index contributed by atoms with van der Waals surface area (Å²) in [5.41, 5.74) is 3.59. The molecule has 0 saturated carbocycles. The van der Waals surface area contributed by atoms with Crippen molar-refractivity contribution in [2.45, 2.75) is 13.0 Å². The van der Waals surface area contributed by atoms with Crippen molar-refractivity contribution < 1.29 is 14.2 Å². The molecular formula is C22H21BrO3. The van der Waals surface area contributed by atoms with Crippen LogP contribution in [-0.2, 0) is 17.8 Å². The number of halogens is 1. The Morgan fingerprint density at radius 3 is 2.19 bits per heavy atom. The van der Waals surface area contributed by atoms with Crippen LogP contribution in [-0.4, -0.2) is 13.9 Å². The van der Waals surface area contributed by atoms with Gasteiger partial charge in [-0.1, -0.05) is 48.5 Å². The van der Waals surface area contributed by atoms with E-state index in [2.05, 4.69) is 52.3 Å². The summed E-state index contributed by atoms with van der Waals surface area (Å²) in [5.74, 6) is 1.65. The molecule has 0 unspecified atom stereocenters. The first kappa shape index (κ1) is 18.5. The molecule has 134 valence electrons. The van der Waals surface area contributed by atoms with Gasteiger partial charge in [0.15, 0.2) is 6.79 Å². The van der Waals surface area contributed by atoms with Crippen LogP contribution in [0.4, 0.5) is 0 Å². The Labute approximate surface area is 162 Å². The van der Waals surface area contributed by atoms with Crippen molar-refractivity contribution in [1.82, 2.24) is 0 Å². The van der Waals surface area contributed by atoms with Gasteiger partial charge >= 0.3 is 0 Å². The van der Waals surface area contributed by atoms with Crippen LogP contribution in [0, 0.1) is 0 Å². The van der Waals surface area contributed by atoms with Crippen molar-refractivity contribution in [1.29, 1.82) is 0 Å². The van der Waals surface area contributed by atoms with E-state index < -0.39 is 0 Å². The second kappa shape index (κ2) is 9.41. The van der Waals surface area contributed by atoms with E-state index in [0.29, 0.717) is 6.61 Å². The number of methoxy groups -OCH3 is 1. The fraction of sp³-hybridized carbons (Fsp3) is 0.182. The average molecular weight is 413 g/mol. The fourth-order valence-electron chi connectivity index (χ4n) is 2.57. The topological polar surface area (TPSA) is 27.7 Å². The van der Waals surface area contributed by atoms with Crippen LogP contribution < -0.4 is 9.47 Å². The lowest BCUT2D eigenvalue weighted by Crippen LogP contribution is -1.99. The molecule has 0 heterocycles. The van der Waals surface area contributed by atoms with Gasteiger partial charge in [-0.3, -0.25) is 0 Å². The van der Waals surface area contributed by atoms with E-state index >= 15 is 0 Å². The molecule has 3 aromatic carbocycles. The van der Waals surface area contributed by atoms with E-state index in [1.165, 1.54) is 11.1 Å². The van der Waals surface area contributed by atoms with E-state index in [-0.39, 0.29) is 6.79 Å². The molecule has 0 aliphatic rings. The molecular weight excluding hydrogens is 392 g/mol. The highest BCUT2D eigenvalue weighted by Gasteiger charge is 2.05. The number of hydrogen-bond donors (Lipinski definition) is 0. The molecule has 0 N–H and O–H groups in total. The summed E-state index contributed by atoms with van der Waals surface area (Å²) >= 11 is 3.62. The van der Waals surface area contributed by atoms with Crippen LogP contribution in [0.25, 0.3) is 0 Å². The predicted molar refractivity (Wildman–Crippen MR) is 107 cm³/mol. The molecule has 0 aliphatic heterocycles. The Morgan fingerprint density at radius 2 is 1.50 bits per heavy atom. The van der Waals surface area contributed by atoms with E-state index in [9.17, 15) is 0 Å². The molecule has 0 spiro atoms. The summed E-state index contributed by atoms with van der Waals surface area (Å²) in [4.78, 5) is 0. The van der Waals surface area contributed by atoms with Gasteiger partial charge in [0.2, 0.25) is 0 Å². The maximum absolute atomic E-state index is 5.91. The predicted octanol–water partition coefficient (Wildman–Crippen LogP) is 5.60. The molecule has 3 aromatic rings. The zero-order valence-corrected chi connectivity index (χ0v) is 16.2. The van der Waals surface area contributed by atoms with Gasteiger partial charge in [-0.2, -0.15) is 0 Å². The van der Waals surface area contributed by atoms with Gasteiger partial charge in [-0.15, -0.1) is 0 Å². The van der Waals surface area contributed by atoms with E-state index in [1.807, 2.05) is 36.4 Å². The molecule has 0 aliphatic carbocycles. The Kier molecular flexibility index (Phi) is 6.69. The molecule has 0 aromatic heterocycles. The Hall–Kier alpha value is -2.30. The smallest absolute Gasteiger partial charge is 0.188 e. The third kappa shape index (κ3) is 5.35. The van der Waals surface area contributed by atoms with Crippen molar-refractivity contribution in [3.8, 4) is 11.5 Å². The highest BCUT2D eigenvalue weighted by atomic mass is 79.9. The SMILES string of the molecule is COCOc1ccc(Cc2ccc(OCc3ccccc3)c(Br)c2)cc1. The summed E-state index contributed by atoms with van der Waals surface area (Å²) in [6, 6.07) is 24.4. The van der Waals surface area contributed by atoms with Gasteiger partial charge in [0.05, 0.1) is 4.47 Å². The second-order valence-corrected chi connectivity index (χ2v) is 6.76. The molecule has 26 heavy (non-hydrogen) atoms. The normalized spacial score (nSPS) is 10.5. The summed E-state index contributed by atoms with van der Waals surface area (Å²) in [6.07, 6.45) is 0.849. The molecule has 3 nitrogen and oxygen atoms in total. The van der Waals surface area contributed by atoms with Crippen molar-refractivity contribution in [3.63, 3.8) is 0 Å². The second-order valence-electron chi connectivity index (χ2n) is 5.91. The molecule has 4 heteroatoms. The summed E-state index contributed by atoms with van der Waals surface area (Å²) < 4.78 is 17.2. The molecule has 0 saturated heterocycles. The third-order valence-electron chi connectivity index (χ3n) is 3.91. The molecule has 0 amide bonds. The van der Waals surface area contributed by atoms with Crippen LogP contribution in [0.2, 0.25) is 0 Å². The number of hydrogen-bond acceptors (Lipinski definition) is 3. The molecule has 0 bridgehead atoms. The minimum absolute atomic E-state index is 0.261. The maximum atomic E-state index is 5.91. The molecule has 0 radical (unpaired) electrons. The van der Waals surface area contributed by atoms with Gasteiger partial charge < -0.3 is 14.2 Å². The quantitative estimate of drug-likeness (QED) is 0.450. The Bertz CT molecular complexity index is 817. The van der Waals surface area contributed by atoms with Gasteiger partial charge in [-0.25, -0.2) is 0 Å². The number of rotatable bonds is 8. The number of benzene rings is 3. The van der Waals surface area contributed by atoms with Gasteiger partial charge in [-0.05, 0) is 63.3 Å². The number of ether oxygens (including phenoxy) is 3. The maximum Gasteiger partial charge on any atom is 0.188 e. The van der Waals surface area contributed by atoms with Crippen molar-refractivity contribution in [3.05, 3.63) is 94.0 Å². The van der Waals surface area contributed by atoms with Crippen molar-refractivity contribution in [2.75, 3.05) is 13.9 Å². The highest BCUT2D eigenvalue weighted by molar-refractivity contribution is 9.10. The van der Waals surface area contributed by atoms with Crippen molar-refractivity contribution in [2.24, 2.45) is 0 Å². The van der Waals surface area contributed by atoms with Gasteiger partial charge in [0.25, 0.3) is 0 Å². The first-order valence-electron chi connectivity index (χ1n) is 8.40. The van der Waals surface area contributed by atoms with Crippen LogP contribution in [0.3, 0.4) is 0 Å². The van der Waals surface area contributed by atoms with E-state index in [4.69, 9.17) is 14.2 Å². The summed E-state index contributed by atoms with van der Waals surface area (Å²) in [5, 5.41) is 0. The standard InChI is InChI=1S/C22H21BrO3/c1-24-16-26-20-10-7-17(8-11-20)13-19-9-12-22(21(23)14-19)25-15-18-5-3-2-4-6-18/h2-12,14H,13,15-16H2,1H3. The van der Waals surface area contributed by atoms with Gasteiger partial charge in [0.1, 0.15) is 18.1 Å². The van der Waals surface area contributed by atoms with E-state index in [1.54, 1.807) is 7.11 Å². The minimum Gasteiger partial charge on any atom is -0.488 e. The zero-order valence-electron chi connectivity index (χ0n) is 14.7. The van der Waals surface area contributed by atoms with Crippen LogP contribution in [0.5, 0.6) is 11.5 Å². The molecule has 0 atom stereocenters. The fourth-order valence-corrected chi connectivity index (χ4v) is 3.11. The third-order valence-corrected chi connectivity index (χ3v) is 4.53. The Balaban J connectivity index is 1.60. The first-order valence-corrected chi connectivity index (χ1v) is 9.20. The van der Waals surface area contributed by atoms with Crippen molar-refractivity contribution >= 4 is 15.9 Å². The lowest BCUT2D eigenvalue weighted by Gasteiger charge is -2.10. The molecule has 3 rings (SSSR count). The largest absolute Gasteiger partial charge is 0.488 e. The minimum atomic E-state index is 0.261. The zero-order chi connectivity index (χ0) is 18.2. The average Bonchev–Trinajstić information content (AvgIpc) is 2.68. The lowest BCUT2D eigenvalue weighted by atomic mass is 10.0. The van der Waals surface area contributed by atoms with Gasteiger partial charge in [0, 0.05) is 7.11 Å². The Morgan fingerprint density at radius 1 is 0.769 bits per heavy atom. The van der Waals surface area contributed by atoms with Crippen LogP contribution in [0.15, 0.2) is 77.3 Å². The molecule has 0 fully saturated rings. The lowest BCUT2D eigenvalue weighted by molar-refractivity contribution is 0.0511. The highest BCUT2D eigenvalue weighted by Crippen LogP contribution is 2.28. The first-order chi connectivity index (χ1) is 12.7. The van der Waals surface area contributed by atoms with Crippen LogP contribution in [0.1, 0.15) is 16.7 Å². The monoisotopic (exact) mass is 412 g/mol. The van der Waals surface area contributed by atoms with Crippen LogP contribution >= 0.6 is 15.9 Å². The van der Waals surface area contributed by atoms with E-state index in [0.717, 1.165) is 28.0 Å².